The summed E-state index contributed by atoms with van der Waals surface area (Å²) in [6.07, 6.45) is 1.79. The van der Waals surface area contributed by atoms with E-state index < -0.39 is 5.97 Å². The van der Waals surface area contributed by atoms with E-state index in [0.29, 0.717) is 10.6 Å². The quantitative estimate of drug-likeness (QED) is 0.188. The van der Waals surface area contributed by atoms with E-state index in [1.54, 1.807) is 18.2 Å². The molecule has 0 atom stereocenters. The molecule has 3 nitrogen and oxygen atoms in total. The molecule has 1 heterocycles. The highest BCUT2D eigenvalue weighted by Crippen LogP contribution is 2.37. The molecule has 5 aromatic carbocycles. The van der Waals surface area contributed by atoms with Crippen molar-refractivity contribution < 1.29 is 9.53 Å². The fraction of sp³-hybridized carbons (Fsp3) is 0. The van der Waals surface area contributed by atoms with Gasteiger partial charge in [-0.2, -0.15) is 0 Å². The van der Waals surface area contributed by atoms with Crippen LogP contribution in [0.3, 0.4) is 0 Å². The van der Waals surface area contributed by atoms with Crippen molar-refractivity contribution in [2.24, 2.45) is 4.99 Å². The Morgan fingerprint density at radius 1 is 0.767 bits per heavy atom. The summed E-state index contributed by atoms with van der Waals surface area (Å²) in [6, 6.07) is 26.1. The van der Waals surface area contributed by atoms with Crippen molar-refractivity contribution in [3.8, 4) is 0 Å². The van der Waals surface area contributed by atoms with Crippen LogP contribution in [0.4, 0.5) is 0 Å². The first-order chi connectivity index (χ1) is 14.7. The first kappa shape index (κ1) is 17.2. The molecule has 0 bridgehead atoms. The number of carbonyl (C=O) groups excluding carboxylic acids is 1. The fourth-order valence-corrected chi connectivity index (χ4v) is 4.41. The number of nitrogens with zero attached hydrogens (tertiary/aromatic N) is 1. The second-order valence-electron chi connectivity index (χ2n) is 7.33. The summed E-state index contributed by atoms with van der Waals surface area (Å²) in [5.74, 6) is -0.245. The van der Waals surface area contributed by atoms with E-state index in [4.69, 9.17) is 16.3 Å². The maximum absolute atomic E-state index is 12.5. The Hall–Kier alpha value is -3.69. The fourth-order valence-electron chi connectivity index (χ4n) is 4.19. The molecule has 4 heteroatoms. The van der Waals surface area contributed by atoms with Crippen LogP contribution in [0.5, 0.6) is 0 Å². The summed E-state index contributed by atoms with van der Waals surface area (Å²) in [5.41, 5.74) is 1.79. The highest BCUT2D eigenvalue weighted by atomic mass is 35.5. The molecule has 0 aliphatic carbocycles. The van der Waals surface area contributed by atoms with Gasteiger partial charge in [0.05, 0.1) is 10.6 Å². The zero-order valence-corrected chi connectivity index (χ0v) is 16.5. The summed E-state index contributed by atoms with van der Waals surface area (Å²) in [6.45, 7) is 0. The van der Waals surface area contributed by atoms with Crippen LogP contribution < -0.4 is 0 Å². The molecule has 142 valence electrons. The lowest BCUT2D eigenvalue weighted by atomic mass is 9.92. The Kier molecular flexibility index (Phi) is 3.67. The molecule has 30 heavy (non-hydrogen) atoms. The minimum absolute atomic E-state index is 0.231. The highest BCUT2D eigenvalue weighted by molar-refractivity contribution is 6.34. The first-order valence-electron chi connectivity index (χ1n) is 9.63. The van der Waals surface area contributed by atoms with Crippen LogP contribution in [-0.4, -0.2) is 11.9 Å². The second-order valence-corrected chi connectivity index (χ2v) is 7.73. The van der Waals surface area contributed by atoms with Crippen molar-refractivity contribution in [2.75, 3.05) is 0 Å². The maximum Gasteiger partial charge on any atom is 0.363 e. The first-order valence-corrected chi connectivity index (χ1v) is 10.0. The Bertz CT molecular complexity index is 1530. The van der Waals surface area contributed by atoms with Gasteiger partial charge in [0, 0.05) is 0 Å². The van der Waals surface area contributed by atoms with E-state index >= 15 is 0 Å². The Balaban J connectivity index is 1.56. The maximum atomic E-state index is 12.5. The van der Waals surface area contributed by atoms with Crippen molar-refractivity contribution in [3.63, 3.8) is 0 Å². The van der Waals surface area contributed by atoms with Crippen LogP contribution in [0, 0.1) is 0 Å². The molecule has 0 amide bonds. The lowest BCUT2D eigenvalue weighted by Gasteiger charge is -2.12. The van der Waals surface area contributed by atoms with E-state index in [1.165, 1.54) is 26.9 Å². The van der Waals surface area contributed by atoms with E-state index in [9.17, 15) is 4.79 Å². The molecule has 0 spiro atoms. The highest BCUT2D eigenvalue weighted by Gasteiger charge is 2.25. The van der Waals surface area contributed by atoms with Crippen molar-refractivity contribution in [3.05, 3.63) is 101 Å². The van der Waals surface area contributed by atoms with Gasteiger partial charge in [0.25, 0.3) is 0 Å². The molecule has 5 aromatic rings. The van der Waals surface area contributed by atoms with E-state index in [2.05, 4.69) is 53.5 Å². The Labute approximate surface area is 177 Å². The molecule has 1 aliphatic rings. The molecule has 0 fully saturated rings. The van der Waals surface area contributed by atoms with Crippen LogP contribution in [0.2, 0.25) is 5.02 Å². The van der Waals surface area contributed by atoms with Crippen LogP contribution in [0.25, 0.3) is 38.4 Å². The van der Waals surface area contributed by atoms with Crippen LogP contribution in [0.15, 0.2) is 89.6 Å². The van der Waals surface area contributed by atoms with E-state index in [-0.39, 0.29) is 11.6 Å². The van der Waals surface area contributed by atoms with Gasteiger partial charge in [-0.15, -0.1) is 0 Å². The predicted octanol–water partition coefficient (Wildman–Crippen LogP) is 6.58. The summed E-state index contributed by atoms with van der Waals surface area (Å²) in [5, 5.41) is 7.59. The topological polar surface area (TPSA) is 38.7 Å². The standard InChI is InChI=1S/C26H14ClNO2/c27-21-7-2-1-6-20(21)25-28-22(26(29)30-25)14-18-11-10-17-9-8-15-4-3-5-16-12-13-19(18)24(17)23(15)16/h1-14H. The number of ether oxygens (including phenoxy) is 1. The molecule has 0 saturated carbocycles. The number of hydrogen-bond donors (Lipinski definition) is 0. The summed E-state index contributed by atoms with van der Waals surface area (Å²) in [7, 11) is 0. The molecular weight excluding hydrogens is 394 g/mol. The normalized spacial score (nSPS) is 15.4. The van der Waals surface area contributed by atoms with Crippen LogP contribution in [-0.2, 0) is 9.53 Å². The number of hydrogen-bond acceptors (Lipinski definition) is 3. The van der Waals surface area contributed by atoms with Crippen molar-refractivity contribution in [1.82, 2.24) is 0 Å². The molecule has 0 radical (unpaired) electrons. The molecule has 0 aromatic heterocycles. The van der Waals surface area contributed by atoms with E-state index in [1.807, 2.05) is 18.2 Å². The summed E-state index contributed by atoms with van der Waals surface area (Å²) in [4.78, 5) is 16.9. The van der Waals surface area contributed by atoms with E-state index in [0.717, 1.165) is 10.9 Å². The Morgan fingerprint density at radius 3 is 2.27 bits per heavy atom. The third-order valence-electron chi connectivity index (χ3n) is 5.58. The molecule has 0 unspecified atom stereocenters. The van der Waals surface area contributed by atoms with Gasteiger partial charge >= 0.3 is 5.97 Å². The molecular formula is C26H14ClNO2. The number of esters is 1. The van der Waals surface area contributed by atoms with Gasteiger partial charge in [-0.05, 0) is 56.1 Å². The number of rotatable bonds is 2. The van der Waals surface area contributed by atoms with Gasteiger partial charge < -0.3 is 4.74 Å². The third kappa shape index (κ3) is 2.53. The summed E-state index contributed by atoms with van der Waals surface area (Å²) >= 11 is 6.23. The predicted molar refractivity (Wildman–Crippen MR) is 122 cm³/mol. The largest absolute Gasteiger partial charge is 0.402 e. The lowest BCUT2D eigenvalue weighted by Crippen LogP contribution is -2.05. The molecule has 0 N–H and O–H groups in total. The van der Waals surface area contributed by atoms with Gasteiger partial charge in [-0.1, -0.05) is 78.3 Å². The molecule has 1 aliphatic heterocycles. The number of halogens is 1. The van der Waals surface area contributed by atoms with Crippen molar-refractivity contribution in [1.29, 1.82) is 0 Å². The van der Waals surface area contributed by atoms with Gasteiger partial charge in [0.1, 0.15) is 0 Å². The number of cyclic esters (lactones) is 1. The Morgan fingerprint density at radius 2 is 1.47 bits per heavy atom. The van der Waals surface area contributed by atoms with Crippen molar-refractivity contribution >= 4 is 61.9 Å². The zero-order chi connectivity index (χ0) is 20.2. The van der Waals surface area contributed by atoms with Crippen molar-refractivity contribution in [2.45, 2.75) is 0 Å². The minimum atomic E-state index is -0.476. The van der Waals surface area contributed by atoms with Gasteiger partial charge in [0.2, 0.25) is 5.90 Å². The average molecular weight is 408 g/mol. The minimum Gasteiger partial charge on any atom is -0.402 e. The molecule has 6 rings (SSSR count). The van der Waals surface area contributed by atoms with Crippen LogP contribution in [0.1, 0.15) is 11.1 Å². The number of benzene rings is 5. The smallest absolute Gasteiger partial charge is 0.363 e. The summed E-state index contributed by atoms with van der Waals surface area (Å²) < 4.78 is 5.40. The number of aliphatic imine (C=N–C) groups is 1. The van der Waals surface area contributed by atoms with Crippen LogP contribution >= 0.6 is 11.6 Å². The SMILES string of the molecule is O=C1OC(c2ccccc2Cl)=NC1=Cc1ccc2ccc3cccc4ccc1c2c34. The number of carbonyl (C=O) groups is 1. The van der Waals surface area contributed by atoms with Gasteiger partial charge in [-0.3, -0.25) is 0 Å². The lowest BCUT2D eigenvalue weighted by molar-refractivity contribution is -0.129. The van der Waals surface area contributed by atoms with Gasteiger partial charge in [-0.25, -0.2) is 9.79 Å². The zero-order valence-electron chi connectivity index (χ0n) is 15.7. The third-order valence-corrected chi connectivity index (χ3v) is 5.91. The van der Waals surface area contributed by atoms with Gasteiger partial charge in [0.15, 0.2) is 5.70 Å². The average Bonchev–Trinajstić information content (AvgIpc) is 3.13. The monoisotopic (exact) mass is 407 g/mol. The second kappa shape index (κ2) is 6.41. The molecule has 0 saturated heterocycles.